The average Bonchev–Trinajstić information content (AvgIpc) is 3.11. The predicted molar refractivity (Wildman–Crippen MR) is 114 cm³/mol. The lowest BCUT2D eigenvalue weighted by Crippen LogP contribution is -2.06. The summed E-state index contributed by atoms with van der Waals surface area (Å²) >= 11 is 7.33. The van der Waals surface area contributed by atoms with Crippen molar-refractivity contribution in [2.24, 2.45) is 5.41 Å². The van der Waals surface area contributed by atoms with E-state index in [1.54, 1.807) is 5.57 Å². The maximum atomic E-state index is 3.67. The molecule has 0 aliphatic heterocycles. The van der Waals surface area contributed by atoms with Crippen LogP contribution in [0, 0.1) is 5.41 Å². The summed E-state index contributed by atoms with van der Waals surface area (Å²) in [5.74, 6) is 0.443. The third-order valence-corrected chi connectivity index (χ3v) is 6.33. The highest BCUT2D eigenvalue weighted by Crippen LogP contribution is 2.50. The van der Waals surface area contributed by atoms with Crippen molar-refractivity contribution in [3.8, 4) is 11.1 Å². The summed E-state index contributed by atoms with van der Waals surface area (Å²) in [6, 6.07) is 13.4. The summed E-state index contributed by atoms with van der Waals surface area (Å²) < 4.78 is 2.33. The van der Waals surface area contributed by atoms with E-state index in [2.05, 4.69) is 101 Å². The van der Waals surface area contributed by atoms with Crippen LogP contribution in [-0.4, -0.2) is 0 Å². The van der Waals surface area contributed by atoms with Crippen molar-refractivity contribution in [1.29, 1.82) is 0 Å². The molecule has 0 amide bonds. The van der Waals surface area contributed by atoms with Gasteiger partial charge in [0.05, 0.1) is 0 Å². The van der Waals surface area contributed by atoms with Gasteiger partial charge in [0.25, 0.3) is 0 Å². The SMILES string of the molecule is CC(C)(C)C1=CCC(CC2c3cc(Br)ccc3-c3ccc(Br)cc32)=C1. The highest BCUT2D eigenvalue weighted by atomic mass is 79.9. The van der Waals surface area contributed by atoms with E-state index in [1.165, 1.54) is 27.8 Å². The van der Waals surface area contributed by atoms with Gasteiger partial charge in [-0.1, -0.05) is 82.5 Å². The summed E-state index contributed by atoms with van der Waals surface area (Å²) in [4.78, 5) is 0. The van der Waals surface area contributed by atoms with Crippen LogP contribution in [0.15, 0.2) is 68.6 Å². The van der Waals surface area contributed by atoms with Crippen LogP contribution in [0.4, 0.5) is 0 Å². The molecular formula is C23H22Br2. The van der Waals surface area contributed by atoms with Crippen molar-refractivity contribution >= 4 is 31.9 Å². The van der Waals surface area contributed by atoms with Gasteiger partial charge in [-0.25, -0.2) is 0 Å². The predicted octanol–water partition coefficient (Wildman–Crippen LogP) is 8.02. The number of fused-ring (bicyclic) bond motifs is 3. The minimum Gasteiger partial charge on any atom is -0.0767 e. The molecule has 0 radical (unpaired) electrons. The Morgan fingerprint density at radius 1 is 0.920 bits per heavy atom. The Balaban J connectivity index is 1.73. The van der Waals surface area contributed by atoms with E-state index in [4.69, 9.17) is 0 Å². The summed E-state index contributed by atoms with van der Waals surface area (Å²) in [6.45, 7) is 6.89. The van der Waals surface area contributed by atoms with Crippen LogP contribution in [0.1, 0.15) is 50.7 Å². The van der Waals surface area contributed by atoms with Crippen molar-refractivity contribution in [3.63, 3.8) is 0 Å². The molecule has 0 aromatic heterocycles. The highest BCUT2D eigenvalue weighted by Gasteiger charge is 2.30. The molecule has 0 fully saturated rings. The molecule has 0 saturated carbocycles. The van der Waals surface area contributed by atoms with Crippen LogP contribution in [0.3, 0.4) is 0 Å². The van der Waals surface area contributed by atoms with Crippen molar-refractivity contribution in [3.05, 3.63) is 79.8 Å². The van der Waals surface area contributed by atoms with Gasteiger partial charge in [-0.05, 0) is 70.3 Å². The first-order valence-corrected chi connectivity index (χ1v) is 10.4. The van der Waals surface area contributed by atoms with Crippen molar-refractivity contribution in [1.82, 2.24) is 0 Å². The first-order valence-electron chi connectivity index (χ1n) is 8.82. The Hall–Kier alpha value is -1.12. The van der Waals surface area contributed by atoms with Crippen LogP contribution in [0.25, 0.3) is 11.1 Å². The van der Waals surface area contributed by atoms with Crippen molar-refractivity contribution in [2.75, 3.05) is 0 Å². The number of hydrogen-bond donors (Lipinski definition) is 0. The smallest absolute Gasteiger partial charge is 0.0178 e. The number of hydrogen-bond acceptors (Lipinski definition) is 0. The molecule has 4 rings (SSSR count). The molecule has 128 valence electrons. The molecule has 0 unspecified atom stereocenters. The van der Waals surface area contributed by atoms with Gasteiger partial charge < -0.3 is 0 Å². The Labute approximate surface area is 167 Å². The van der Waals surface area contributed by atoms with E-state index >= 15 is 0 Å². The van der Waals surface area contributed by atoms with Crippen LogP contribution in [0.5, 0.6) is 0 Å². The molecular weight excluding hydrogens is 436 g/mol. The fraction of sp³-hybridized carbons (Fsp3) is 0.304. The third-order valence-electron chi connectivity index (χ3n) is 5.34. The lowest BCUT2D eigenvalue weighted by molar-refractivity contribution is 0.517. The summed E-state index contributed by atoms with van der Waals surface area (Å²) in [5.41, 5.74) is 8.94. The molecule has 25 heavy (non-hydrogen) atoms. The highest BCUT2D eigenvalue weighted by molar-refractivity contribution is 9.10. The van der Waals surface area contributed by atoms with Crippen LogP contribution in [0.2, 0.25) is 0 Å². The maximum absolute atomic E-state index is 3.67. The van der Waals surface area contributed by atoms with Gasteiger partial charge in [0, 0.05) is 14.9 Å². The number of benzene rings is 2. The molecule has 0 heterocycles. The molecule has 0 bridgehead atoms. The van der Waals surface area contributed by atoms with Crippen LogP contribution < -0.4 is 0 Å². The Bertz CT molecular complexity index is 859. The second-order valence-electron chi connectivity index (χ2n) is 8.14. The van der Waals surface area contributed by atoms with E-state index in [0.29, 0.717) is 5.92 Å². The maximum Gasteiger partial charge on any atom is 0.0178 e. The fourth-order valence-electron chi connectivity index (χ4n) is 4.03. The van der Waals surface area contributed by atoms with E-state index in [0.717, 1.165) is 21.8 Å². The zero-order chi connectivity index (χ0) is 17.8. The molecule has 2 aromatic carbocycles. The summed E-state index contributed by atoms with van der Waals surface area (Å²) in [6.07, 6.45) is 7.04. The molecule has 2 aliphatic carbocycles. The number of halogens is 2. The number of rotatable bonds is 2. The van der Waals surface area contributed by atoms with Gasteiger partial charge in [0.1, 0.15) is 0 Å². The first kappa shape index (κ1) is 17.3. The van der Waals surface area contributed by atoms with Gasteiger partial charge in [-0.2, -0.15) is 0 Å². The Morgan fingerprint density at radius 3 is 1.96 bits per heavy atom. The van der Waals surface area contributed by atoms with Crippen LogP contribution >= 0.6 is 31.9 Å². The molecule has 0 atom stereocenters. The lowest BCUT2D eigenvalue weighted by Gasteiger charge is -2.19. The third kappa shape index (κ3) is 3.19. The van der Waals surface area contributed by atoms with E-state index < -0.39 is 0 Å². The molecule has 2 aromatic rings. The second-order valence-corrected chi connectivity index (χ2v) is 9.97. The average molecular weight is 458 g/mol. The summed E-state index contributed by atoms with van der Waals surface area (Å²) in [5, 5.41) is 0. The minimum absolute atomic E-state index is 0.235. The number of allylic oxidation sites excluding steroid dienone is 4. The van der Waals surface area contributed by atoms with Gasteiger partial charge in [-0.3, -0.25) is 0 Å². The Morgan fingerprint density at radius 2 is 1.48 bits per heavy atom. The van der Waals surface area contributed by atoms with Crippen molar-refractivity contribution < 1.29 is 0 Å². The first-order chi connectivity index (χ1) is 11.8. The topological polar surface area (TPSA) is 0 Å². The molecule has 0 nitrogen and oxygen atoms in total. The lowest BCUT2D eigenvalue weighted by atomic mass is 9.86. The van der Waals surface area contributed by atoms with Gasteiger partial charge in [0.2, 0.25) is 0 Å². The van der Waals surface area contributed by atoms with E-state index in [9.17, 15) is 0 Å². The fourth-order valence-corrected chi connectivity index (χ4v) is 4.79. The van der Waals surface area contributed by atoms with Gasteiger partial charge in [-0.15, -0.1) is 0 Å². The quantitative estimate of drug-likeness (QED) is 0.428. The van der Waals surface area contributed by atoms with Crippen molar-refractivity contribution in [2.45, 2.75) is 39.5 Å². The molecule has 2 aliphatic rings. The van der Waals surface area contributed by atoms with E-state index in [-0.39, 0.29) is 5.41 Å². The normalized spacial score (nSPS) is 16.5. The standard InChI is InChI=1S/C23H22Br2/c1-23(2,3)15-5-4-14(10-15)11-20-21-12-16(24)6-8-18(21)19-9-7-17(25)13-22(19)20/h5-10,12-13,20H,4,11H2,1-3H3. The van der Waals surface area contributed by atoms with Gasteiger partial charge in [0.15, 0.2) is 0 Å². The van der Waals surface area contributed by atoms with E-state index in [1.807, 2.05) is 0 Å². The minimum atomic E-state index is 0.235. The van der Waals surface area contributed by atoms with Crippen LogP contribution in [-0.2, 0) is 0 Å². The zero-order valence-corrected chi connectivity index (χ0v) is 18.0. The zero-order valence-electron chi connectivity index (χ0n) is 14.9. The largest absolute Gasteiger partial charge is 0.0767 e. The molecule has 0 saturated heterocycles. The molecule has 0 N–H and O–H groups in total. The second kappa shape index (κ2) is 6.25. The van der Waals surface area contributed by atoms with Gasteiger partial charge >= 0.3 is 0 Å². The molecule has 2 heteroatoms. The monoisotopic (exact) mass is 456 g/mol. The Kier molecular flexibility index (Phi) is 4.32. The summed E-state index contributed by atoms with van der Waals surface area (Å²) in [7, 11) is 0. The molecule has 0 spiro atoms.